The Morgan fingerprint density at radius 1 is 1.03 bits per heavy atom. The van der Waals surface area contributed by atoms with E-state index in [-0.39, 0.29) is 6.61 Å². The molecule has 3 rings (SSSR count). The molecule has 1 amide bonds. The number of ether oxygens (including phenoxy) is 2. The SMILES string of the molecule is CCc1ccc(OCC(=O)NN=Cc2cc(Br)ccc2OC(=O)C=Cc2ccccc2)cc1. The molecule has 0 fully saturated rings. The number of carbonyl (C=O) groups excluding carboxylic acids is 2. The van der Waals surface area contributed by atoms with E-state index < -0.39 is 11.9 Å². The molecule has 33 heavy (non-hydrogen) atoms. The third kappa shape index (κ3) is 8.05. The number of nitrogens with one attached hydrogen (secondary N) is 1. The van der Waals surface area contributed by atoms with Crippen LogP contribution in [0.1, 0.15) is 23.6 Å². The van der Waals surface area contributed by atoms with Crippen molar-refractivity contribution in [2.75, 3.05) is 6.61 Å². The number of esters is 1. The second-order valence-electron chi connectivity index (χ2n) is 6.93. The van der Waals surface area contributed by atoms with Crippen molar-refractivity contribution in [3.63, 3.8) is 0 Å². The molecular formula is C26H23BrN2O4. The van der Waals surface area contributed by atoms with Crippen LogP contribution in [-0.4, -0.2) is 24.7 Å². The number of hydrogen-bond donors (Lipinski definition) is 1. The van der Waals surface area contributed by atoms with E-state index in [1.807, 2.05) is 54.6 Å². The van der Waals surface area contributed by atoms with Crippen molar-refractivity contribution < 1.29 is 19.1 Å². The van der Waals surface area contributed by atoms with Gasteiger partial charge in [0.05, 0.1) is 6.21 Å². The highest BCUT2D eigenvalue weighted by Crippen LogP contribution is 2.22. The average molecular weight is 507 g/mol. The number of hydrazone groups is 1. The van der Waals surface area contributed by atoms with E-state index >= 15 is 0 Å². The summed E-state index contributed by atoms with van der Waals surface area (Å²) in [6.45, 7) is 1.90. The lowest BCUT2D eigenvalue weighted by Crippen LogP contribution is -2.24. The normalized spacial score (nSPS) is 11.0. The monoisotopic (exact) mass is 506 g/mol. The zero-order chi connectivity index (χ0) is 23.5. The molecule has 0 aliphatic carbocycles. The lowest BCUT2D eigenvalue weighted by atomic mass is 10.2. The van der Waals surface area contributed by atoms with E-state index in [4.69, 9.17) is 9.47 Å². The average Bonchev–Trinajstić information content (AvgIpc) is 2.84. The fourth-order valence-electron chi connectivity index (χ4n) is 2.76. The Bertz CT molecular complexity index is 1140. The summed E-state index contributed by atoms with van der Waals surface area (Å²) in [6.07, 6.45) is 5.36. The van der Waals surface area contributed by atoms with E-state index in [2.05, 4.69) is 33.4 Å². The van der Waals surface area contributed by atoms with Crippen LogP contribution in [0.3, 0.4) is 0 Å². The van der Waals surface area contributed by atoms with Crippen molar-refractivity contribution in [1.82, 2.24) is 5.43 Å². The first kappa shape index (κ1) is 23.9. The second-order valence-corrected chi connectivity index (χ2v) is 7.84. The van der Waals surface area contributed by atoms with E-state index in [9.17, 15) is 9.59 Å². The number of rotatable bonds is 9. The molecule has 0 aliphatic heterocycles. The zero-order valence-corrected chi connectivity index (χ0v) is 19.6. The zero-order valence-electron chi connectivity index (χ0n) is 18.0. The molecule has 0 heterocycles. The molecule has 0 radical (unpaired) electrons. The van der Waals surface area contributed by atoms with Crippen molar-refractivity contribution in [3.05, 3.63) is 100 Å². The van der Waals surface area contributed by atoms with Gasteiger partial charge in [0.25, 0.3) is 5.91 Å². The van der Waals surface area contributed by atoms with Gasteiger partial charge >= 0.3 is 5.97 Å². The minimum atomic E-state index is -0.526. The van der Waals surface area contributed by atoms with Crippen molar-refractivity contribution in [2.45, 2.75) is 13.3 Å². The van der Waals surface area contributed by atoms with Gasteiger partial charge in [0.1, 0.15) is 11.5 Å². The van der Waals surface area contributed by atoms with Gasteiger partial charge in [0.2, 0.25) is 0 Å². The molecule has 168 valence electrons. The van der Waals surface area contributed by atoms with Gasteiger partial charge in [-0.2, -0.15) is 5.10 Å². The van der Waals surface area contributed by atoms with Crippen LogP contribution in [-0.2, 0) is 16.0 Å². The first-order chi connectivity index (χ1) is 16.0. The standard InChI is InChI=1S/C26H23BrN2O4/c1-2-19-8-12-23(13-9-19)32-18-25(30)29-28-17-21-16-22(27)11-14-24(21)33-26(31)15-10-20-6-4-3-5-7-20/h3-17H,2,18H2,1H3,(H,29,30). The number of aryl methyl sites for hydroxylation is 1. The van der Waals surface area contributed by atoms with Crippen LogP contribution in [0, 0.1) is 0 Å². The highest BCUT2D eigenvalue weighted by Gasteiger charge is 2.08. The summed E-state index contributed by atoms with van der Waals surface area (Å²) in [5.74, 6) is -0.0187. The number of hydrogen-bond acceptors (Lipinski definition) is 5. The maximum absolute atomic E-state index is 12.2. The Hall–Kier alpha value is -3.71. The van der Waals surface area contributed by atoms with E-state index in [1.54, 1.807) is 24.3 Å². The predicted octanol–water partition coefficient (Wildman–Crippen LogP) is 5.16. The molecule has 3 aromatic carbocycles. The fraction of sp³-hybridized carbons (Fsp3) is 0.115. The molecule has 0 aromatic heterocycles. The highest BCUT2D eigenvalue weighted by molar-refractivity contribution is 9.10. The largest absolute Gasteiger partial charge is 0.484 e. The summed E-state index contributed by atoms with van der Waals surface area (Å²) in [7, 11) is 0. The Kier molecular flexibility index (Phi) is 8.97. The quantitative estimate of drug-likeness (QED) is 0.143. The van der Waals surface area contributed by atoms with Gasteiger partial charge in [0, 0.05) is 16.1 Å². The summed E-state index contributed by atoms with van der Waals surface area (Å²) in [5.41, 5.74) is 5.00. The molecule has 0 unspecified atom stereocenters. The molecule has 0 saturated heterocycles. The van der Waals surface area contributed by atoms with Gasteiger partial charge in [-0.15, -0.1) is 0 Å². The predicted molar refractivity (Wildman–Crippen MR) is 132 cm³/mol. The first-order valence-electron chi connectivity index (χ1n) is 10.3. The summed E-state index contributed by atoms with van der Waals surface area (Å²) in [6, 6.07) is 22.1. The summed E-state index contributed by atoms with van der Waals surface area (Å²) >= 11 is 3.38. The molecule has 0 atom stereocenters. The van der Waals surface area contributed by atoms with Gasteiger partial charge < -0.3 is 9.47 Å². The Balaban J connectivity index is 1.56. The molecule has 3 aromatic rings. The van der Waals surface area contributed by atoms with Gasteiger partial charge in [-0.05, 0) is 54.0 Å². The summed E-state index contributed by atoms with van der Waals surface area (Å²) in [4.78, 5) is 24.2. The van der Waals surface area contributed by atoms with E-state index in [0.29, 0.717) is 17.1 Å². The highest BCUT2D eigenvalue weighted by atomic mass is 79.9. The maximum atomic E-state index is 12.2. The fourth-order valence-corrected chi connectivity index (χ4v) is 3.14. The number of benzene rings is 3. The molecule has 7 heteroatoms. The summed E-state index contributed by atoms with van der Waals surface area (Å²) < 4.78 is 11.7. The van der Waals surface area contributed by atoms with Crippen LogP contribution in [0.25, 0.3) is 6.08 Å². The van der Waals surface area contributed by atoms with Gasteiger partial charge in [-0.25, -0.2) is 10.2 Å². The Morgan fingerprint density at radius 3 is 2.52 bits per heavy atom. The third-order valence-electron chi connectivity index (χ3n) is 4.49. The van der Waals surface area contributed by atoms with Gasteiger partial charge in [0.15, 0.2) is 6.61 Å². The second kappa shape index (κ2) is 12.4. The third-order valence-corrected chi connectivity index (χ3v) is 4.98. The molecule has 0 aliphatic rings. The van der Waals surface area contributed by atoms with Gasteiger partial charge in [-0.1, -0.05) is 65.3 Å². The van der Waals surface area contributed by atoms with Crippen LogP contribution < -0.4 is 14.9 Å². The molecule has 6 nitrogen and oxygen atoms in total. The Morgan fingerprint density at radius 2 is 1.79 bits per heavy atom. The molecule has 0 spiro atoms. The Labute approximate surface area is 201 Å². The topological polar surface area (TPSA) is 77.0 Å². The molecule has 1 N–H and O–H groups in total. The van der Waals surface area contributed by atoms with Crippen molar-refractivity contribution in [3.8, 4) is 11.5 Å². The van der Waals surface area contributed by atoms with Gasteiger partial charge in [-0.3, -0.25) is 4.79 Å². The molecular weight excluding hydrogens is 484 g/mol. The minimum absolute atomic E-state index is 0.173. The number of nitrogens with zero attached hydrogens (tertiary/aromatic N) is 1. The molecule has 0 saturated carbocycles. The van der Waals surface area contributed by atoms with Crippen molar-refractivity contribution in [1.29, 1.82) is 0 Å². The van der Waals surface area contributed by atoms with E-state index in [1.165, 1.54) is 17.9 Å². The van der Waals surface area contributed by atoms with Crippen molar-refractivity contribution >= 4 is 40.1 Å². The number of carbonyl (C=O) groups is 2. The number of amides is 1. The van der Waals surface area contributed by atoms with Crippen molar-refractivity contribution in [2.24, 2.45) is 5.10 Å². The number of halogens is 1. The van der Waals surface area contributed by atoms with Crippen LogP contribution in [0.15, 0.2) is 88.4 Å². The summed E-state index contributed by atoms with van der Waals surface area (Å²) in [5, 5.41) is 3.95. The lowest BCUT2D eigenvalue weighted by molar-refractivity contribution is -0.129. The smallest absolute Gasteiger partial charge is 0.336 e. The van der Waals surface area contributed by atoms with Crippen LogP contribution in [0.2, 0.25) is 0 Å². The van der Waals surface area contributed by atoms with Crippen LogP contribution in [0.5, 0.6) is 11.5 Å². The first-order valence-corrected chi connectivity index (χ1v) is 11.1. The molecule has 0 bridgehead atoms. The minimum Gasteiger partial charge on any atom is -0.484 e. The van der Waals surface area contributed by atoms with Crippen LogP contribution in [0.4, 0.5) is 0 Å². The lowest BCUT2D eigenvalue weighted by Gasteiger charge is -2.07. The van der Waals surface area contributed by atoms with Crippen LogP contribution >= 0.6 is 15.9 Å². The maximum Gasteiger partial charge on any atom is 0.336 e. The van der Waals surface area contributed by atoms with E-state index in [0.717, 1.165) is 16.5 Å².